The van der Waals surface area contributed by atoms with Gasteiger partial charge in [-0.3, -0.25) is 4.79 Å². The Morgan fingerprint density at radius 2 is 2.17 bits per heavy atom. The topological polar surface area (TPSA) is 58.4 Å². The van der Waals surface area contributed by atoms with E-state index in [1.54, 1.807) is 0 Å². The van der Waals surface area contributed by atoms with Gasteiger partial charge in [-0.05, 0) is 57.7 Å². The molecule has 2 fully saturated rings. The van der Waals surface area contributed by atoms with Gasteiger partial charge in [-0.15, -0.1) is 0 Å². The summed E-state index contributed by atoms with van der Waals surface area (Å²) in [7, 11) is 2.15. The van der Waals surface area contributed by atoms with Crippen LogP contribution < -0.4 is 11.1 Å². The summed E-state index contributed by atoms with van der Waals surface area (Å²) in [6.45, 7) is 3.87. The molecule has 104 valence electrons. The first-order valence-corrected chi connectivity index (χ1v) is 7.35. The van der Waals surface area contributed by atoms with Gasteiger partial charge in [-0.1, -0.05) is 6.42 Å². The summed E-state index contributed by atoms with van der Waals surface area (Å²) in [5.74, 6) is 1.69. The largest absolute Gasteiger partial charge is 0.356 e. The number of nitrogens with two attached hydrogens (primary N) is 1. The molecule has 4 heteroatoms. The first kappa shape index (κ1) is 13.8. The van der Waals surface area contributed by atoms with E-state index in [0.717, 1.165) is 38.9 Å². The number of hydrogen-bond donors (Lipinski definition) is 2. The van der Waals surface area contributed by atoms with Gasteiger partial charge in [0.1, 0.15) is 0 Å². The molecule has 1 amide bonds. The Balaban J connectivity index is 1.70. The minimum Gasteiger partial charge on any atom is -0.356 e. The Hall–Kier alpha value is -0.610. The number of likely N-dealkylation sites (tertiary alicyclic amines) is 1. The van der Waals surface area contributed by atoms with Crippen LogP contribution in [-0.4, -0.2) is 44.0 Å². The quantitative estimate of drug-likeness (QED) is 0.780. The third-order valence-corrected chi connectivity index (χ3v) is 4.54. The second-order valence-corrected chi connectivity index (χ2v) is 6.13. The fourth-order valence-electron chi connectivity index (χ4n) is 3.33. The van der Waals surface area contributed by atoms with Crippen molar-refractivity contribution in [1.82, 2.24) is 10.2 Å². The third kappa shape index (κ3) is 3.69. The minimum absolute atomic E-state index is 0.214. The number of hydrogen-bond acceptors (Lipinski definition) is 3. The molecule has 0 aromatic rings. The Bertz CT molecular complexity index is 282. The molecule has 3 unspecified atom stereocenters. The Morgan fingerprint density at radius 1 is 1.33 bits per heavy atom. The van der Waals surface area contributed by atoms with E-state index in [2.05, 4.69) is 17.3 Å². The monoisotopic (exact) mass is 253 g/mol. The molecule has 18 heavy (non-hydrogen) atoms. The van der Waals surface area contributed by atoms with Crippen LogP contribution in [0.25, 0.3) is 0 Å². The molecule has 1 saturated heterocycles. The van der Waals surface area contributed by atoms with Crippen molar-refractivity contribution in [1.29, 1.82) is 0 Å². The van der Waals surface area contributed by atoms with Crippen molar-refractivity contribution < 1.29 is 4.79 Å². The number of nitrogens with zero attached hydrogens (tertiary/aromatic N) is 1. The minimum atomic E-state index is 0.214. The summed E-state index contributed by atoms with van der Waals surface area (Å²) in [4.78, 5) is 14.5. The van der Waals surface area contributed by atoms with Gasteiger partial charge in [-0.25, -0.2) is 0 Å². The van der Waals surface area contributed by atoms with Gasteiger partial charge < -0.3 is 16.0 Å². The van der Waals surface area contributed by atoms with Crippen molar-refractivity contribution in [3.05, 3.63) is 0 Å². The molecule has 1 aliphatic carbocycles. The molecule has 0 aromatic carbocycles. The third-order valence-electron chi connectivity index (χ3n) is 4.54. The Kier molecular flexibility index (Phi) is 5.01. The number of rotatable bonds is 4. The van der Waals surface area contributed by atoms with Crippen molar-refractivity contribution in [3.8, 4) is 0 Å². The van der Waals surface area contributed by atoms with Crippen LogP contribution in [0.15, 0.2) is 0 Å². The molecule has 1 saturated carbocycles. The molecule has 1 aliphatic heterocycles. The molecule has 2 aliphatic rings. The SMILES string of the molecule is CN1CCC(CNC(=O)C2CCCC(CN)C2)C1. The fraction of sp³-hybridized carbons (Fsp3) is 0.929. The maximum atomic E-state index is 12.1. The van der Waals surface area contributed by atoms with Gasteiger partial charge in [0.25, 0.3) is 0 Å². The van der Waals surface area contributed by atoms with Gasteiger partial charge in [0.05, 0.1) is 0 Å². The smallest absolute Gasteiger partial charge is 0.223 e. The first-order chi connectivity index (χ1) is 8.69. The highest BCUT2D eigenvalue weighted by Crippen LogP contribution is 2.28. The van der Waals surface area contributed by atoms with Gasteiger partial charge >= 0.3 is 0 Å². The van der Waals surface area contributed by atoms with Crippen molar-refractivity contribution in [2.45, 2.75) is 32.1 Å². The van der Waals surface area contributed by atoms with Crippen LogP contribution in [0.2, 0.25) is 0 Å². The predicted octanol–water partition coefficient (Wildman–Crippen LogP) is 0.819. The summed E-state index contributed by atoms with van der Waals surface area (Å²) < 4.78 is 0. The van der Waals surface area contributed by atoms with E-state index < -0.39 is 0 Å². The highest BCUT2D eigenvalue weighted by Gasteiger charge is 2.27. The molecule has 0 spiro atoms. The lowest BCUT2D eigenvalue weighted by molar-refractivity contribution is -0.126. The van der Waals surface area contributed by atoms with Crippen LogP contribution in [0, 0.1) is 17.8 Å². The van der Waals surface area contributed by atoms with Gasteiger partial charge in [-0.2, -0.15) is 0 Å². The first-order valence-electron chi connectivity index (χ1n) is 7.35. The number of carbonyl (C=O) groups is 1. The summed E-state index contributed by atoms with van der Waals surface area (Å²) >= 11 is 0. The molecular weight excluding hydrogens is 226 g/mol. The van der Waals surface area contributed by atoms with Crippen LogP contribution in [0.1, 0.15) is 32.1 Å². The maximum Gasteiger partial charge on any atom is 0.223 e. The zero-order valence-corrected chi connectivity index (χ0v) is 11.5. The zero-order chi connectivity index (χ0) is 13.0. The zero-order valence-electron chi connectivity index (χ0n) is 11.5. The van der Waals surface area contributed by atoms with E-state index in [0.29, 0.717) is 11.8 Å². The van der Waals surface area contributed by atoms with E-state index in [-0.39, 0.29) is 11.8 Å². The maximum absolute atomic E-state index is 12.1. The van der Waals surface area contributed by atoms with E-state index in [9.17, 15) is 4.79 Å². The van der Waals surface area contributed by atoms with E-state index in [1.165, 1.54) is 19.4 Å². The lowest BCUT2D eigenvalue weighted by Crippen LogP contribution is -2.38. The summed E-state index contributed by atoms with van der Waals surface area (Å²) in [6.07, 6.45) is 5.62. The summed E-state index contributed by atoms with van der Waals surface area (Å²) in [6, 6.07) is 0. The highest BCUT2D eigenvalue weighted by atomic mass is 16.1. The van der Waals surface area contributed by atoms with Crippen LogP contribution in [-0.2, 0) is 4.79 Å². The molecule has 3 atom stereocenters. The van der Waals surface area contributed by atoms with Gasteiger partial charge in [0.15, 0.2) is 0 Å². The van der Waals surface area contributed by atoms with Crippen molar-refractivity contribution in [3.63, 3.8) is 0 Å². The van der Waals surface area contributed by atoms with Crippen LogP contribution in [0.4, 0.5) is 0 Å². The standard InChI is InChI=1S/C14H27N3O/c1-17-6-5-12(10-17)9-16-14(18)13-4-2-3-11(7-13)8-15/h11-13H,2-10,15H2,1H3,(H,16,18). The van der Waals surface area contributed by atoms with E-state index >= 15 is 0 Å². The Morgan fingerprint density at radius 3 is 2.83 bits per heavy atom. The van der Waals surface area contributed by atoms with E-state index in [1.807, 2.05) is 0 Å². The normalized spacial score (nSPS) is 33.6. The summed E-state index contributed by atoms with van der Waals surface area (Å²) in [5.41, 5.74) is 5.72. The van der Waals surface area contributed by atoms with Crippen molar-refractivity contribution in [2.75, 3.05) is 33.2 Å². The van der Waals surface area contributed by atoms with Crippen LogP contribution >= 0.6 is 0 Å². The lowest BCUT2D eigenvalue weighted by Gasteiger charge is -2.27. The van der Waals surface area contributed by atoms with E-state index in [4.69, 9.17) is 5.73 Å². The molecule has 2 rings (SSSR count). The summed E-state index contributed by atoms with van der Waals surface area (Å²) in [5, 5.41) is 3.15. The average molecular weight is 253 g/mol. The molecule has 3 N–H and O–H groups in total. The molecule has 4 nitrogen and oxygen atoms in total. The molecular formula is C14H27N3O. The molecule has 0 bridgehead atoms. The van der Waals surface area contributed by atoms with Crippen LogP contribution in [0.3, 0.4) is 0 Å². The van der Waals surface area contributed by atoms with Gasteiger partial charge in [0.2, 0.25) is 5.91 Å². The van der Waals surface area contributed by atoms with Gasteiger partial charge in [0, 0.05) is 19.0 Å². The number of nitrogens with one attached hydrogen (secondary N) is 1. The lowest BCUT2D eigenvalue weighted by atomic mass is 9.81. The highest BCUT2D eigenvalue weighted by molar-refractivity contribution is 5.78. The number of carbonyl (C=O) groups excluding carboxylic acids is 1. The fourth-order valence-corrected chi connectivity index (χ4v) is 3.33. The predicted molar refractivity (Wildman–Crippen MR) is 73.1 cm³/mol. The second-order valence-electron chi connectivity index (χ2n) is 6.13. The molecule has 0 aromatic heterocycles. The molecule has 1 heterocycles. The van der Waals surface area contributed by atoms with Crippen molar-refractivity contribution >= 4 is 5.91 Å². The Labute approximate surface area is 110 Å². The average Bonchev–Trinajstić information content (AvgIpc) is 2.82. The van der Waals surface area contributed by atoms with Crippen molar-refractivity contribution in [2.24, 2.45) is 23.5 Å². The molecule has 0 radical (unpaired) electrons. The number of amides is 1. The van der Waals surface area contributed by atoms with Crippen LogP contribution in [0.5, 0.6) is 0 Å². The second kappa shape index (κ2) is 6.53.